The molecule has 0 spiro atoms. The van der Waals surface area contributed by atoms with Crippen molar-refractivity contribution >= 4 is 11.8 Å². The third-order valence-corrected chi connectivity index (χ3v) is 5.00. The van der Waals surface area contributed by atoms with Gasteiger partial charge in [0.2, 0.25) is 0 Å². The molecule has 1 heterocycles. The van der Waals surface area contributed by atoms with E-state index in [1.165, 1.54) is 24.1 Å². The van der Waals surface area contributed by atoms with E-state index in [-0.39, 0.29) is 12.1 Å². The van der Waals surface area contributed by atoms with E-state index in [1.807, 2.05) is 20.8 Å². The van der Waals surface area contributed by atoms with E-state index in [0.29, 0.717) is 6.04 Å². The number of alkyl carbamates (subject to hydrolysis) is 1. The first kappa shape index (κ1) is 17.1. The Kier molecular flexibility index (Phi) is 5.02. The highest BCUT2D eigenvalue weighted by atomic mass is 16.6. The molecule has 2 aliphatic rings. The topological polar surface area (TPSA) is 41.6 Å². The summed E-state index contributed by atoms with van der Waals surface area (Å²) in [5.74, 6) is 0. The number of rotatable bonds is 2. The fraction of sp³-hybridized carbons (Fsp3) is 0.650. The van der Waals surface area contributed by atoms with Crippen LogP contribution in [-0.4, -0.2) is 30.3 Å². The number of ether oxygens (including phenoxy) is 1. The number of hydrogen-bond acceptors (Lipinski definition) is 3. The second-order valence-electron chi connectivity index (χ2n) is 8.08. The molecule has 4 heteroatoms. The molecule has 1 aliphatic heterocycles. The van der Waals surface area contributed by atoms with E-state index in [9.17, 15) is 4.79 Å². The lowest BCUT2D eigenvalue weighted by atomic mass is 9.88. The third kappa shape index (κ3) is 4.22. The van der Waals surface area contributed by atoms with Crippen molar-refractivity contribution in [1.82, 2.24) is 5.32 Å². The zero-order chi connectivity index (χ0) is 17.2. The first-order valence-corrected chi connectivity index (χ1v) is 9.26. The molecule has 0 saturated heterocycles. The van der Waals surface area contributed by atoms with Gasteiger partial charge in [-0.1, -0.05) is 18.2 Å². The Balaban J connectivity index is 1.54. The molecule has 0 bridgehead atoms. The summed E-state index contributed by atoms with van der Waals surface area (Å²) in [6.45, 7) is 6.86. The van der Waals surface area contributed by atoms with Gasteiger partial charge in [-0.25, -0.2) is 4.79 Å². The Morgan fingerprint density at radius 1 is 1.17 bits per heavy atom. The molecule has 132 valence electrons. The van der Waals surface area contributed by atoms with Gasteiger partial charge in [-0.05, 0) is 70.9 Å². The summed E-state index contributed by atoms with van der Waals surface area (Å²) in [4.78, 5) is 14.5. The van der Waals surface area contributed by atoms with Gasteiger partial charge in [0.05, 0.1) is 0 Å². The van der Waals surface area contributed by atoms with Crippen LogP contribution in [0.4, 0.5) is 10.5 Å². The van der Waals surface area contributed by atoms with E-state index in [0.717, 1.165) is 32.2 Å². The van der Waals surface area contributed by atoms with Gasteiger partial charge in [0, 0.05) is 24.3 Å². The Bertz CT molecular complexity index is 571. The molecule has 24 heavy (non-hydrogen) atoms. The number of nitrogens with one attached hydrogen (secondary N) is 1. The summed E-state index contributed by atoms with van der Waals surface area (Å²) in [6.07, 6.45) is 6.48. The quantitative estimate of drug-likeness (QED) is 0.880. The van der Waals surface area contributed by atoms with Gasteiger partial charge in [0.1, 0.15) is 5.60 Å². The van der Waals surface area contributed by atoms with E-state index in [4.69, 9.17) is 4.74 Å². The Morgan fingerprint density at radius 2 is 1.88 bits per heavy atom. The minimum absolute atomic E-state index is 0.246. The van der Waals surface area contributed by atoms with Crippen molar-refractivity contribution in [3.63, 3.8) is 0 Å². The molecule has 1 saturated carbocycles. The summed E-state index contributed by atoms with van der Waals surface area (Å²) >= 11 is 0. The maximum atomic E-state index is 11.9. The molecule has 0 radical (unpaired) electrons. The van der Waals surface area contributed by atoms with Gasteiger partial charge in [-0.15, -0.1) is 0 Å². The molecule has 1 aliphatic carbocycles. The number of benzene rings is 1. The SMILES string of the molecule is CC(C)(C)OC(=O)NC1CCC(N2CCCc3ccccc32)CC1. The van der Waals surface area contributed by atoms with Crippen LogP contribution < -0.4 is 10.2 Å². The predicted octanol–water partition coefficient (Wildman–Crippen LogP) is 4.28. The summed E-state index contributed by atoms with van der Waals surface area (Å²) in [6, 6.07) is 9.66. The Morgan fingerprint density at radius 3 is 2.58 bits per heavy atom. The number of anilines is 1. The number of aryl methyl sites for hydroxylation is 1. The molecule has 3 rings (SSSR count). The van der Waals surface area contributed by atoms with Crippen LogP contribution in [0.25, 0.3) is 0 Å². The maximum absolute atomic E-state index is 11.9. The summed E-state index contributed by atoms with van der Waals surface area (Å²) in [5.41, 5.74) is 2.48. The molecular weight excluding hydrogens is 300 g/mol. The maximum Gasteiger partial charge on any atom is 0.407 e. The van der Waals surface area contributed by atoms with Crippen molar-refractivity contribution in [1.29, 1.82) is 0 Å². The smallest absolute Gasteiger partial charge is 0.407 e. The number of carbonyl (C=O) groups excluding carboxylic acids is 1. The molecular formula is C20H30N2O2. The highest BCUT2D eigenvalue weighted by molar-refractivity contribution is 5.68. The monoisotopic (exact) mass is 330 g/mol. The van der Waals surface area contributed by atoms with Crippen molar-refractivity contribution in [2.45, 2.75) is 77.0 Å². The molecule has 0 unspecified atom stereocenters. The van der Waals surface area contributed by atoms with Gasteiger partial charge < -0.3 is 15.0 Å². The molecule has 4 nitrogen and oxygen atoms in total. The molecule has 0 atom stereocenters. The van der Waals surface area contributed by atoms with Crippen LogP contribution in [0.5, 0.6) is 0 Å². The highest BCUT2D eigenvalue weighted by Crippen LogP contribution is 2.33. The minimum Gasteiger partial charge on any atom is -0.444 e. The molecule has 1 aromatic rings. The van der Waals surface area contributed by atoms with E-state index in [1.54, 1.807) is 0 Å². The van der Waals surface area contributed by atoms with Gasteiger partial charge >= 0.3 is 6.09 Å². The molecule has 0 aromatic heterocycles. The second kappa shape index (κ2) is 7.04. The Hall–Kier alpha value is -1.71. The standard InChI is InChI=1S/C20H30N2O2/c1-20(2,3)24-19(23)21-16-10-12-17(13-11-16)22-14-6-8-15-7-4-5-9-18(15)22/h4-5,7,9,16-17H,6,8,10-14H2,1-3H3,(H,21,23). The van der Waals surface area contributed by atoms with E-state index >= 15 is 0 Å². The van der Waals surface area contributed by atoms with Gasteiger partial charge in [0.15, 0.2) is 0 Å². The number of fused-ring (bicyclic) bond motifs is 1. The van der Waals surface area contributed by atoms with Crippen LogP contribution in [-0.2, 0) is 11.2 Å². The summed E-state index contributed by atoms with van der Waals surface area (Å²) in [5, 5.41) is 3.04. The number of amides is 1. The average Bonchev–Trinajstić information content (AvgIpc) is 2.53. The van der Waals surface area contributed by atoms with Gasteiger partial charge in [0.25, 0.3) is 0 Å². The summed E-state index contributed by atoms with van der Waals surface area (Å²) in [7, 11) is 0. The second-order valence-corrected chi connectivity index (χ2v) is 8.08. The lowest BCUT2D eigenvalue weighted by Crippen LogP contribution is -2.46. The lowest BCUT2D eigenvalue weighted by Gasteiger charge is -2.41. The largest absolute Gasteiger partial charge is 0.444 e. The fourth-order valence-corrected chi connectivity index (χ4v) is 3.95. The molecule has 1 fully saturated rings. The minimum atomic E-state index is -0.432. The van der Waals surface area contributed by atoms with Crippen molar-refractivity contribution < 1.29 is 9.53 Å². The van der Waals surface area contributed by atoms with Gasteiger partial charge in [-0.2, -0.15) is 0 Å². The van der Waals surface area contributed by atoms with Crippen LogP contribution in [0, 0.1) is 0 Å². The van der Waals surface area contributed by atoms with Crippen LogP contribution in [0.15, 0.2) is 24.3 Å². The first-order chi connectivity index (χ1) is 11.4. The fourth-order valence-electron chi connectivity index (χ4n) is 3.95. The Labute approximate surface area is 145 Å². The number of para-hydroxylation sites is 1. The third-order valence-electron chi connectivity index (χ3n) is 5.00. The van der Waals surface area contributed by atoms with E-state index < -0.39 is 5.60 Å². The van der Waals surface area contributed by atoms with E-state index in [2.05, 4.69) is 34.5 Å². The lowest BCUT2D eigenvalue weighted by molar-refractivity contribution is 0.0491. The average molecular weight is 330 g/mol. The predicted molar refractivity (Wildman–Crippen MR) is 97.5 cm³/mol. The van der Waals surface area contributed by atoms with Crippen molar-refractivity contribution in [2.24, 2.45) is 0 Å². The van der Waals surface area contributed by atoms with Crippen LogP contribution in [0.2, 0.25) is 0 Å². The first-order valence-electron chi connectivity index (χ1n) is 9.26. The van der Waals surface area contributed by atoms with Gasteiger partial charge in [-0.3, -0.25) is 0 Å². The van der Waals surface area contributed by atoms with Crippen molar-refractivity contribution in [3.05, 3.63) is 29.8 Å². The van der Waals surface area contributed by atoms with Crippen LogP contribution in [0.1, 0.15) is 58.4 Å². The zero-order valence-corrected chi connectivity index (χ0v) is 15.2. The highest BCUT2D eigenvalue weighted by Gasteiger charge is 2.29. The van der Waals surface area contributed by atoms with Crippen LogP contribution >= 0.6 is 0 Å². The molecule has 1 N–H and O–H groups in total. The van der Waals surface area contributed by atoms with Crippen molar-refractivity contribution in [3.8, 4) is 0 Å². The van der Waals surface area contributed by atoms with Crippen molar-refractivity contribution in [2.75, 3.05) is 11.4 Å². The number of hydrogen-bond donors (Lipinski definition) is 1. The number of nitrogens with zero attached hydrogens (tertiary/aromatic N) is 1. The number of carbonyl (C=O) groups is 1. The van der Waals surface area contributed by atoms with Crippen LogP contribution in [0.3, 0.4) is 0 Å². The summed E-state index contributed by atoms with van der Waals surface area (Å²) < 4.78 is 5.37. The molecule has 1 amide bonds. The zero-order valence-electron chi connectivity index (χ0n) is 15.2. The molecule has 1 aromatic carbocycles. The normalized spacial score (nSPS) is 24.2.